The highest BCUT2D eigenvalue weighted by Crippen LogP contribution is 2.21. The van der Waals surface area contributed by atoms with Gasteiger partial charge in [0.25, 0.3) is 5.84 Å². The van der Waals surface area contributed by atoms with Crippen LogP contribution in [-0.4, -0.2) is 29.5 Å². The van der Waals surface area contributed by atoms with Crippen molar-refractivity contribution in [2.45, 2.75) is 39.7 Å². The summed E-state index contributed by atoms with van der Waals surface area (Å²) in [5.74, 6) is 1.43. The number of hydrogen-bond donors (Lipinski definition) is 0. The maximum atomic E-state index is 5.96. The van der Waals surface area contributed by atoms with E-state index in [1.807, 2.05) is 12.1 Å². The second-order valence-corrected chi connectivity index (χ2v) is 5.47. The molecule has 0 aliphatic carbocycles. The van der Waals surface area contributed by atoms with Gasteiger partial charge in [-0.2, -0.15) is 0 Å². The lowest BCUT2D eigenvalue weighted by Gasteiger charge is -2.28. The third kappa shape index (κ3) is 3.85. The molecule has 1 aliphatic rings. The molecule has 0 spiro atoms. The van der Waals surface area contributed by atoms with Gasteiger partial charge in [0.2, 0.25) is 0 Å². The van der Waals surface area contributed by atoms with E-state index in [0.29, 0.717) is 6.04 Å². The van der Waals surface area contributed by atoms with Crippen molar-refractivity contribution in [3.63, 3.8) is 0 Å². The van der Waals surface area contributed by atoms with Gasteiger partial charge in [-0.15, -0.1) is 0 Å². The molecule has 0 saturated heterocycles. The van der Waals surface area contributed by atoms with Crippen LogP contribution >= 0.6 is 11.6 Å². The highest BCUT2D eigenvalue weighted by atomic mass is 127. The third-order valence-electron chi connectivity index (χ3n) is 3.50. The number of anilines is 1. The standard InChI is InChI=1S/C15H22ClN2.HI/c1-4-15-17(12(2)3)10-5-11-18(15)14-8-6-13(16)7-9-14;/h6-9,12H,4-5,10-11H2,1-3H3;1H/q+1;/p-1. The fourth-order valence-electron chi connectivity index (χ4n) is 2.66. The molecule has 2 nitrogen and oxygen atoms in total. The van der Waals surface area contributed by atoms with Gasteiger partial charge in [0.1, 0.15) is 5.69 Å². The Bertz CT molecular complexity index is 440. The highest BCUT2D eigenvalue weighted by Gasteiger charge is 2.28. The van der Waals surface area contributed by atoms with Crippen molar-refractivity contribution in [1.82, 2.24) is 0 Å². The van der Waals surface area contributed by atoms with Crippen LogP contribution in [0, 0.1) is 0 Å². The molecule has 0 aromatic heterocycles. The Morgan fingerprint density at radius 2 is 1.89 bits per heavy atom. The van der Waals surface area contributed by atoms with Crippen LogP contribution in [0.5, 0.6) is 0 Å². The molecule has 0 fully saturated rings. The summed E-state index contributed by atoms with van der Waals surface area (Å²) in [7, 11) is 0. The van der Waals surface area contributed by atoms with Gasteiger partial charge in [0, 0.05) is 17.9 Å². The van der Waals surface area contributed by atoms with Crippen LogP contribution in [0.2, 0.25) is 5.02 Å². The zero-order chi connectivity index (χ0) is 13.1. The van der Waals surface area contributed by atoms with Crippen molar-refractivity contribution in [3.8, 4) is 0 Å². The molecule has 0 unspecified atom stereocenters. The summed E-state index contributed by atoms with van der Waals surface area (Å²) < 4.78 is 2.51. The second-order valence-electron chi connectivity index (χ2n) is 5.04. The molecule has 19 heavy (non-hydrogen) atoms. The second kappa shape index (κ2) is 7.48. The minimum Gasteiger partial charge on any atom is -1.00 e. The number of halogens is 2. The van der Waals surface area contributed by atoms with Crippen molar-refractivity contribution >= 4 is 23.1 Å². The van der Waals surface area contributed by atoms with Crippen molar-refractivity contribution in [2.75, 3.05) is 18.0 Å². The lowest BCUT2D eigenvalue weighted by Crippen LogP contribution is -3.00. The number of nitrogens with zero attached hydrogens (tertiary/aromatic N) is 2. The first-order chi connectivity index (χ1) is 8.63. The predicted octanol–water partition coefficient (Wildman–Crippen LogP) is 0.784. The Labute approximate surface area is 138 Å². The first-order valence-electron chi connectivity index (χ1n) is 6.79. The molecule has 0 saturated carbocycles. The molecular formula is C15H22ClIN2. The Balaban J connectivity index is 0.00000180. The summed E-state index contributed by atoms with van der Waals surface area (Å²) >= 11 is 5.96. The molecular weight excluding hydrogens is 371 g/mol. The number of benzene rings is 1. The van der Waals surface area contributed by atoms with E-state index in [-0.39, 0.29) is 24.0 Å². The van der Waals surface area contributed by atoms with Gasteiger partial charge in [0.05, 0.1) is 19.1 Å². The zero-order valence-corrected chi connectivity index (χ0v) is 14.8. The minimum atomic E-state index is 0. The van der Waals surface area contributed by atoms with Gasteiger partial charge in [-0.05, 0) is 38.1 Å². The van der Waals surface area contributed by atoms with Crippen LogP contribution in [0.15, 0.2) is 24.3 Å². The molecule has 2 rings (SSSR count). The Kier molecular flexibility index (Phi) is 6.60. The molecule has 0 radical (unpaired) electrons. The van der Waals surface area contributed by atoms with Gasteiger partial charge in [-0.1, -0.05) is 18.5 Å². The van der Waals surface area contributed by atoms with E-state index < -0.39 is 0 Å². The summed E-state index contributed by atoms with van der Waals surface area (Å²) in [6, 6.07) is 8.73. The van der Waals surface area contributed by atoms with Crippen molar-refractivity contribution < 1.29 is 28.6 Å². The van der Waals surface area contributed by atoms with E-state index in [9.17, 15) is 0 Å². The maximum Gasteiger partial charge on any atom is 0.251 e. The molecule has 1 aromatic carbocycles. The molecule has 4 heteroatoms. The highest BCUT2D eigenvalue weighted by molar-refractivity contribution is 6.30. The fraction of sp³-hybridized carbons (Fsp3) is 0.533. The Morgan fingerprint density at radius 1 is 1.26 bits per heavy atom. The first-order valence-corrected chi connectivity index (χ1v) is 7.17. The maximum absolute atomic E-state index is 5.96. The molecule has 0 bridgehead atoms. The van der Waals surface area contributed by atoms with Crippen LogP contribution in [0.1, 0.15) is 33.6 Å². The lowest BCUT2D eigenvalue weighted by atomic mass is 10.2. The topological polar surface area (TPSA) is 6.25 Å². The van der Waals surface area contributed by atoms with Gasteiger partial charge in [-0.25, -0.2) is 4.90 Å². The molecule has 106 valence electrons. The summed E-state index contributed by atoms with van der Waals surface area (Å²) in [5, 5.41) is 0.800. The minimum absolute atomic E-state index is 0. The van der Waals surface area contributed by atoms with Crippen LogP contribution in [-0.2, 0) is 0 Å². The number of hydrogen-bond acceptors (Lipinski definition) is 1. The molecule has 1 aromatic rings. The van der Waals surface area contributed by atoms with Gasteiger partial charge >= 0.3 is 0 Å². The molecule has 0 atom stereocenters. The normalized spacial score (nSPS) is 15.7. The van der Waals surface area contributed by atoms with E-state index in [0.717, 1.165) is 18.0 Å². The average Bonchev–Trinajstić information content (AvgIpc) is 2.38. The Hall–Kier alpha value is -0.290. The largest absolute Gasteiger partial charge is 1.00 e. The van der Waals surface area contributed by atoms with E-state index in [4.69, 9.17) is 11.6 Å². The smallest absolute Gasteiger partial charge is 0.251 e. The summed E-state index contributed by atoms with van der Waals surface area (Å²) in [5.41, 5.74) is 1.25. The van der Waals surface area contributed by atoms with E-state index in [1.54, 1.807) is 0 Å². The van der Waals surface area contributed by atoms with E-state index >= 15 is 0 Å². The third-order valence-corrected chi connectivity index (χ3v) is 3.75. The monoisotopic (exact) mass is 392 g/mol. The quantitative estimate of drug-likeness (QED) is 0.544. The van der Waals surface area contributed by atoms with Gasteiger partial charge in [-0.3, -0.25) is 4.58 Å². The average molecular weight is 393 g/mol. The molecule has 1 aliphatic heterocycles. The van der Waals surface area contributed by atoms with Gasteiger partial charge in [0.15, 0.2) is 0 Å². The summed E-state index contributed by atoms with van der Waals surface area (Å²) in [6.45, 7) is 9.04. The first kappa shape index (κ1) is 16.8. The molecule has 1 heterocycles. The molecule has 0 amide bonds. The molecule has 0 N–H and O–H groups in total. The summed E-state index contributed by atoms with van der Waals surface area (Å²) in [4.78, 5) is 2.43. The van der Waals surface area contributed by atoms with E-state index in [1.165, 1.54) is 24.5 Å². The van der Waals surface area contributed by atoms with Crippen molar-refractivity contribution in [2.24, 2.45) is 0 Å². The van der Waals surface area contributed by atoms with Crippen LogP contribution in [0.25, 0.3) is 0 Å². The van der Waals surface area contributed by atoms with Crippen molar-refractivity contribution in [1.29, 1.82) is 0 Å². The fourth-order valence-corrected chi connectivity index (χ4v) is 2.79. The number of amidine groups is 1. The Morgan fingerprint density at radius 3 is 2.42 bits per heavy atom. The van der Waals surface area contributed by atoms with Crippen LogP contribution in [0.4, 0.5) is 5.69 Å². The number of rotatable bonds is 3. The van der Waals surface area contributed by atoms with E-state index in [2.05, 4.69) is 42.4 Å². The van der Waals surface area contributed by atoms with Gasteiger partial charge < -0.3 is 24.0 Å². The lowest BCUT2D eigenvalue weighted by molar-refractivity contribution is -0.563. The predicted molar refractivity (Wildman–Crippen MR) is 79.0 cm³/mol. The summed E-state index contributed by atoms with van der Waals surface area (Å²) in [6.07, 6.45) is 2.28. The zero-order valence-electron chi connectivity index (χ0n) is 11.9. The van der Waals surface area contributed by atoms with Crippen LogP contribution in [0.3, 0.4) is 0 Å². The van der Waals surface area contributed by atoms with Crippen molar-refractivity contribution in [3.05, 3.63) is 29.3 Å². The van der Waals surface area contributed by atoms with Crippen LogP contribution < -0.4 is 28.9 Å². The SMILES string of the molecule is CCC1=[N+](C(C)C)CCCN1c1ccc(Cl)cc1.[I-].